The third-order valence-corrected chi connectivity index (χ3v) is 6.28. The van der Waals surface area contributed by atoms with E-state index < -0.39 is 6.17 Å². The zero-order valence-electron chi connectivity index (χ0n) is 16.7. The Labute approximate surface area is 193 Å². The van der Waals surface area contributed by atoms with E-state index in [0.717, 1.165) is 5.56 Å². The highest BCUT2D eigenvalue weighted by Gasteiger charge is 2.37. The highest BCUT2D eigenvalue weighted by atomic mass is 35.5. The molecule has 0 bridgehead atoms. The molecule has 1 atom stereocenters. The van der Waals surface area contributed by atoms with Gasteiger partial charge in [-0.15, -0.1) is 5.10 Å². The summed E-state index contributed by atoms with van der Waals surface area (Å²) in [4.78, 5) is 31.1. The zero-order chi connectivity index (χ0) is 22.1. The van der Waals surface area contributed by atoms with E-state index in [2.05, 4.69) is 15.4 Å². The molecule has 0 radical (unpaired) electrons. The summed E-state index contributed by atoms with van der Waals surface area (Å²) in [5, 5.41) is 11.2. The number of hydrazone groups is 1. The van der Waals surface area contributed by atoms with Crippen LogP contribution in [0, 0.1) is 0 Å². The molecule has 8 heteroatoms. The van der Waals surface area contributed by atoms with Gasteiger partial charge in [0.05, 0.1) is 5.36 Å². The average Bonchev–Trinajstić information content (AvgIpc) is 2.83. The van der Waals surface area contributed by atoms with Gasteiger partial charge < -0.3 is 0 Å². The number of hydrogen-bond donors (Lipinski definition) is 1. The van der Waals surface area contributed by atoms with Gasteiger partial charge in [0.2, 0.25) is 11.9 Å². The van der Waals surface area contributed by atoms with Crippen LogP contribution in [0.3, 0.4) is 0 Å². The second-order valence-electron chi connectivity index (χ2n) is 7.22. The standard InChI is InChI=1S/C24H17ClN4O2S/c25-17-12-10-15(11-13-17)14-32-24-27-23(31)20-18-8-4-5-9-19(18)26-22(29(20)28-24)21(30)16-6-2-1-3-7-16/h1-13,22H,14H2,(H,27,28,31)/t22-/m1/s1. The van der Waals surface area contributed by atoms with Gasteiger partial charge in [-0.2, -0.15) is 0 Å². The summed E-state index contributed by atoms with van der Waals surface area (Å²) in [6.07, 6.45) is -0.959. The molecular formula is C24H17ClN4O2S. The summed E-state index contributed by atoms with van der Waals surface area (Å²) >= 11 is 7.33. The first-order chi connectivity index (χ1) is 15.6. The molecule has 0 aromatic heterocycles. The highest BCUT2D eigenvalue weighted by molar-refractivity contribution is 8.13. The number of benzene rings is 3. The molecule has 2 aliphatic rings. The third kappa shape index (κ3) is 3.92. The first-order valence-corrected chi connectivity index (χ1v) is 11.3. The van der Waals surface area contributed by atoms with Crippen LogP contribution in [0.5, 0.6) is 0 Å². The van der Waals surface area contributed by atoms with E-state index in [1.807, 2.05) is 48.5 Å². The van der Waals surface area contributed by atoms with Crippen molar-refractivity contribution in [1.29, 1.82) is 0 Å². The summed E-state index contributed by atoms with van der Waals surface area (Å²) < 4.78 is 0. The predicted molar refractivity (Wildman–Crippen MR) is 125 cm³/mol. The maximum Gasteiger partial charge on any atom is 0.276 e. The molecule has 0 fully saturated rings. The van der Waals surface area contributed by atoms with Gasteiger partial charge in [-0.3, -0.25) is 14.9 Å². The van der Waals surface area contributed by atoms with Gasteiger partial charge in [-0.1, -0.05) is 84.0 Å². The lowest BCUT2D eigenvalue weighted by molar-refractivity contribution is -0.115. The minimum absolute atomic E-state index is 0.224. The Morgan fingerprint density at radius 3 is 2.50 bits per heavy atom. The number of halogens is 1. The molecule has 2 heterocycles. The number of amidine groups is 1. The first-order valence-electron chi connectivity index (χ1n) is 9.93. The van der Waals surface area contributed by atoms with Crippen LogP contribution in [0.15, 0.2) is 89.0 Å². The molecule has 0 aliphatic carbocycles. The zero-order valence-corrected chi connectivity index (χ0v) is 18.3. The first kappa shape index (κ1) is 20.5. The maximum absolute atomic E-state index is 13.3. The summed E-state index contributed by atoms with van der Waals surface area (Å²) in [5.74, 6) is 0.0507. The number of fused-ring (bicyclic) bond motifs is 2. The molecule has 1 N–H and O–H groups in total. The molecule has 2 aliphatic heterocycles. The largest absolute Gasteiger partial charge is 0.298 e. The van der Waals surface area contributed by atoms with E-state index in [4.69, 9.17) is 11.6 Å². The number of ketones is 1. The molecule has 0 spiro atoms. The lowest BCUT2D eigenvalue weighted by Gasteiger charge is -2.33. The number of nitrogens with one attached hydrogen (secondary N) is 1. The number of amides is 1. The predicted octanol–water partition coefficient (Wildman–Crippen LogP) is 2.93. The molecule has 158 valence electrons. The molecule has 32 heavy (non-hydrogen) atoms. The van der Waals surface area contributed by atoms with Crippen LogP contribution in [-0.2, 0) is 10.5 Å². The van der Waals surface area contributed by atoms with E-state index in [1.165, 1.54) is 16.8 Å². The van der Waals surface area contributed by atoms with Gasteiger partial charge >= 0.3 is 0 Å². The fourth-order valence-corrected chi connectivity index (χ4v) is 4.48. The van der Waals surface area contributed by atoms with E-state index in [0.29, 0.717) is 37.8 Å². The van der Waals surface area contributed by atoms with Crippen molar-refractivity contribution in [2.75, 3.05) is 0 Å². The average molecular weight is 461 g/mol. The number of hydrogen-bond acceptors (Lipinski definition) is 6. The molecule has 3 aromatic rings. The number of rotatable bonds is 4. The van der Waals surface area contributed by atoms with Gasteiger partial charge in [-0.05, 0) is 23.8 Å². The number of thioether (sulfide) groups is 1. The Morgan fingerprint density at radius 2 is 1.72 bits per heavy atom. The number of nitrogens with zero attached hydrogens (tertiary/aromatic N) is 3. The Balaban J connectivity index is 1.53. The Morgan fingerprint density at radius 1 is 1.00 bits per heavy atom. The second-order valence-corrected chi connectivity index (χ2v) is 8.62. The molecule has 3 aromatic carbocycles. The number of carbonyl (C=O) groups is 2. The maximum atomic E-state index is 13.3. The van der Waals surface area contributed by atoms with Crippen molar-refractivity contribution in [3.8, 4) is 0 Å². The Hall–Kier alpha value is -3.42. The van der Waals surface area contributed by atoms with Crippen LogP contribution < -0.4 is 15.9 Å². The van der Waals surface area contributed by atoms with Crippen LogP contribution in [0.4, 0.5) is 0 Å². The molecule has 0 unspecified atom stereocenters. The number of para-hydroxylation sites is 1. The van der Waals surface area contributed by atoms with Crippen molar-refractivity contribution in [3.05, 3.63) is 106 Å². The van der Waals surface area contributed by atoms with Crippen molar-refractivity contribution in [1.82, 2.24) is 10.3 Å². The van der Waals surface area contributed by atoms with Crippen LogP contribution in [-0.4, -0.2) is 28.0 Å². The summed E-state index contributed by atoms with van der Waals surface area (Å²) in [7, 11) is 0. The fourth-order valence-electron chi connectivity index (χ4n) is 3.55. The molecule has 0 saturated carbocycles. The van der Waals surface area contributed by atoms with Gasteiger partial charge in [-0.25, -0.2) is 10.0 Å². The quantitative estimate of drug-likeness (QED) is 0.607. The van der Waals surface area contributed by atoms with E-state index in [9.17, 15) is 9.59 Å². The van der Waals surface area contributed by atoms with E-state index >= 15 is 0 Å². The normalized spacial score (nSPS) is 17.0. The van der Waals surface area contributed by atoms with Crippen molar-refractivity contribution in [3.63, 3.8) is 0 Å². The van der Waals surface area contributed by atoms with Crippen molar-refractivity contribution in [2.45, 2.75) is 11.9 Å². The minimum atomic E-state index is -0.959. The SMILES string of the molecule is O=C1NC(SCc2ccc(Cl)cc2)=NN2C1=c1ccccc1=N[C@H]2C(=O)c1ccccc1. The summed E-state index contributed by atoms with van der Waals surface area (Å²) in [6, 6.07) is 23.7. The van der Waals surface area contributed by atoms with Crippen molar-refractivity contribution < 1.29 is 9.59 Å². The Bertz CT molecular complexity index is 1360. The number of Topliss-reactive ketones (excluding diaryl/α,β-unsaturated/α-hetero) is 1. The van der Waals surface area contributed by atoms with Crippen LogP contribution in [0.1, 0.15) is 15.9 Å². The lowest BCUT2D eigenvalue weighted by atomic mass is 10.1. The molecule has 6 nitrogen and oxygen atoms in total. The molecule has 0 saturated heterocycles. The van der Waals surface area contributed by atoms with Gasteiger partial charge in [0.15, 0.2) is 5.17 Å². The minimum Gasteiger partial charge on any atom is -0.298 e. The van der Waals surface area contributed by atoms with E-state index in [-0.39, 0.29) is 11.7 Å². The molecule has 1 amide bonds. The fraction of sp³-hybridized carbons (Fsp3) is 0.0833. The summed E-state index contributed by atoms with van der Waals surface area (Å²) in [5.41, 5.74) is 1.87. The van der Waals surface area contributed by atoms with Crippen molar-refractivity contribution in [2.24, 2.45) is 10.1 Å². The second kappa shape index (κ2) is 8.61. The van der Waals surface area contributed by atoms with Crippen molar-refractivity contribution >= 4 is 45.9 Å². The monoisotopic (exact) mass is 460 g/mol. The molecule has 5 rings (SSSR count). The molecular weight excluding hydrogens is 444 g/mol. The van der Waals surface area contributed by atoms with Crippen LogP contribution in [0.25, 0.3) is 5.70 Å². The number of carbonyl (C=O) groups excluding carboxylic acids is 2. The topological polar surface area (TPSA) is 74.1 Å². The van der Waals surface area contributed by atoms with Crippen LogP contribution >= 0.6 is 23.4 Å². The van der Waals surface area contributed by atoms with E-state index in [1.54, 1.807) is 30.3 Å². The van der Waals surface area contributed by atoms with Gasteiger partial charge in [0.1, 0.15) is 5.70 Å². The van der Waals surface area contributed by atoms with Gasteiger partial charge in [0, 0.05) is 21.6 Å². The Kier molecular flexibility index (Phi) is 5.51. The van der Waals surface area contributed by atoms with Gasteiger partial charge in [0.25, 0.3) is 5.91 Å². The highest BCUT2D eigenvalue weighted by Crippen LogP contribution is 2.24. The summed E-state index contributed by atoms with van der Waals surface area (Å²) in [6.45, 7) is 0. The van der Waals surface area contributed by atoms with Crippen LogP contribution in [0.2, 0.25) is 5.02 Å². The third-order valence-electron chi connectivity index (χ3n) is 5.10. The lowest BCUT2D eigenvalue weighted by Crippen LogP contribution is -2.54. The smallest absolute Gasteiger partial charge is 0.276 e.